The molecule has 0 radical (unpaired) electrons. The fraction of sp³-hybridized carbons (Fsp3) is 0.161. The summed E-state index contributed by atoms with van der Waals surface area (Å²) < 4.78 is 29.2. The molecule has 0 fully saturated rings. The van der Waals surface area contributed by atoms with Gasteiger partial charge in [0, 0.05) is 12.1 Å². The number of benzene rings is 4. The van der Waals surface area contributed by atoms with Crippen LogP contribution in [0.5, 0.6) is 0 Å². The molecular formula is C31H32N4O4S2. The summed E-state index contributed by atoms with van der Waals surface area (Å²) in [7, 11) is -4.14. The molecule has 4 rings (SSSR count). The SMILES string of the molecule is Cc1cc(C)c(S(=O)(=O)N[C@@H](Cc2ccc(-c3ccccc3)cc2NC(=S)Nc2ccccc2N)C(=O)O)c(C)c1. The number of hydrogen-bond acceptors (Lipinski definition) is 5. The first-order valence-electron chi connectivity index (χ1n) is 12.9. The monoisotopic (exact) mass is 588 g/mol. The molecule has 0 aliphatic rings. The molecule has 1 atom stereocenters. The van der Waals surface area contributed by atoms with E-state index >= 15 is 0 Å². The smallest absolute Gasteiger partial charge is 0.322 e. The van der Waals surface area contributed by atoms with Gasteiger partial charge in [0.1, 0.15) is 6.04 Å². The Balaban J connectivity index is 1.67. The predicted octanol–water partition coefficient (Wildman–Crippen LogP) is 5.64. The lowest BCUT2D eigenvalue weighted by Gasteiger charge is -2.21. The van der Waals surface area contributed by atoms with Crippen molar-refractivity contribution in [2.75, 3.05) is 16.4 Å². The van der Waals surface area contributed by atoms with Crippen molar-refractivity contribution in [2.24, 2.45) is 0 Å². The van der Waals surface area contributed by atoms with Crippen LogP contribution in [0.1, 0.15) is 22.3 Å². The Kier molecular flexibility index (Phi) is 9.07. The van der Waals surface area contributed by atoms with E-state index in [1.54, 1.807) is 44.2 Å². The number of aryl methyl sites for hydroxylation is 3. The number of sulfonamides is 1. The van der Waals surface area contributed by atoms with E-state index in [9.17, 15) is 18.3 Å². The second kappa shape index (κ2) is 12.5. The van der Waals surface area contributed by atoms with Crippen molar-refractivity contribution in [3.8, 4) is 11.1 Å². The topological polar surface area (TPSA) is 134 Å². The van der Waals surface area contributed by atoms with Gasteiger partial charge in [-0.3, -0.25) is 4.79 Å². The molecule has 212 valence electrons. The largest absolute Gasteiger partial charge is 0.480 e. The lowest BCUT2D eigenvalue weighted by atomic mass is 9.98. The Morgan fingerprint density at radius 1 is 0.854 bits per heavy atom. The highest BCUT2D eigenvalue weighted by Gasteiger charge is 2.29. The van der Waals surface area contributed by atoms with Gasteiger partial charge in [0.2, 0.25) is 10.0 Å². The molecule has 0 amide bonds. The molecule has 8 nitrogen and oxygen atoms in total. The Labute approximate surface area is 245 Å². The van der Waals surface area contributed by atoms with Crippen molar-refractivity contribution < 1.29 is 18.3 Å². The van der Waals surface area contributed by atoms with E-state index in [4.69, 9.17) is 18.0 Å². The van der Waals surface area contributed by atoms with Crippen LogP contribution in [0, 0.1) is 20.8 Å². The first-order chi connectivity index (χ1) is 19.4. The molecular weight excluding hydrogens is 556 g/mol. The third-order valence-electron chi connectivity index (χ3n) is 6.57. The van der Waals surface area contributed by atoms with E-state index in [2.05, 4.69) is 15.4 Å². The molecule has 0 aliphatic carbocycles. The van der Waals surface area contributed by atoms with E-state index in [0.29, 0.717) is 33.8 Å². The molecule has 0 saturated carbocycles. The lowest BCUT2D eigenvalue weighted by molar-refractivity contribution is -0.138. The molecule has 0 heterocycles. The number of nitrogens with one attached hydrogen (secondary N) is 3. The third kappa shape index (κ3) is 7.29. The van der Waals surface area contributed by atoms with Crippen LogP contribution in [-0.4, -0.2) is 30.6 Å². The number of rotatable bonds is 9. The van der Waals surface area contributed by atoms with Crippen LogP contribution in [0.2, 0.25) is 0 Å². The number of nitrogens with two attached hydrogens (primary N) is 1. The van der Waals surface area contributed by atoms with E-state index in [1.165, 1.54) is 0 Å². The molecule has 0 aliphatic heterocycles. The van der Waals surface area contributed by atoms with E-state index in [0.717, 1.165) is 16.7 Å². The number of para-hydroxylation sites is 2. The Hall–Kier alpha value is -4.25. The Morgan fingerprint density at radius 2 is 1.46 bits per heavy atom. The summed E-state index contributed by atoms with van der Waals surface area (Å²) >= 11 is 5.55. The standard InChI is InChI=1S/C31H32N4O4S2/c1-19-15-20(2)29(21(3)16-19)41(38,39)35-28(30(36)37)18-24-14-13-23(22-9-5-4-6-10-22)17-27(24)34-31(40)33-26-12-8-7-11-25(26)32/h4-17,28,35H,18,32H2,1-3H3,(H,36,37)(H2,33,34,40)/t28-/m0/s1. The first-order valence-corrected chi connectivity index (χ1v) is 14.8. The Morgan fingerprint density at radius 3 is 2.10 bits per heavy atom. The molecule has 4 aromatic rings. The summed E-state index contributed by atoms with van der Waals surface area (Å²) in [5.41, 5.74) is 12.1. The maximum atomic E-state index is 13.4. The van der Waals surface area contributed by atoms with Gasteiger partial charge in [0.15, 0.2) is 5.11 Å². The zero-order chi connectivity index (χ0) is 29.7. The minimum atomic E-state index is -4.14. The molecule has 10 heteroatoms. The Bertz CT molecular complexity index is 1680. The van der Waals surface area contributed by atoms with Crippen molar-refractivity contribution in [2.45, 2.75) is 38.1 Å². The van der Waals surface area contributed by atoms with Crippen LogP contribution in [0.25, 0.3) is 11.1 Å². The molecule has 0 saturated heterocycles. The van der Waals surface area contributed by atoms with Gasteiger partial charge in [-0.25, -0.2) is 8.42 Å². The van der Waals surface area contributed by atoms with E-state index in [-0.39, 0.29) is 16.4 Å². The summed E-state index contributed by atoms with van der Waals surface area (Å²) in [5.74, 6) is -1.30. The second-order valence-corrected chi connectivity index (χ2v) is 11.9. The first kappa shape index (κ1) is 29.7. The molecule has 4 aromatic carbocycles. The maximum absolute atomic E-state index is 13.4. The zero-order valence-electron chi connectivity index (χ0n) is 22.9. The number of thiocarbonyl (C=S) groups is 1. The fourth-order valence-corrected chi connectivity index (χ4v) is 6.67. The highest BCUT2D eigenvalue weighted by Crippen LogP contribution is 2.28. The van der Waals surface area contributed by atoms with Gasteiger partial charge in [-0.15, -0.1) is 0 Å². The van der Waals surface area contributed by atoms with Gasteiger partial charge in [-0.05, 0) is 79.0 Å². The van der Waals surface area contributed by atoms with Gasteiger partial charge >= 0.3 is 5.97 Å². The average Bonchev–Trinajstić information content (AvgIpc) is 2.90. The number of carbonyl (C=O) groups is 1. The number of nitrogen functional groups attached to an aromatic ring is 1. The van der Waals surface area contributed by atoms with Crippen LogP contribution in [0.4, 0.5) is 17.1 Å². The van der Waals surface area contributed by atoms with Gasteiger partial charge in [-0.2, -0.15) is 4.72 Å². The van der Waals surface area contributed by atoms with Crippen LogP contribution < -0.4 is 21.1 Å². The summed E-state index contributed by atoms with van der Waals surface area (Å²) in [6.45, 7) is 5.27. The number of aliphatic carboxylic acids is 1. The number of carboxylic acid groups (broad SMARTS) is 1. The van der Waals surface area contributed by atoms with Crippen molar-refractivity contribution in [3.63, 3.8) is 0 Å². The van der Waals surface area contributed by atoms with Gasteiger partial charge in [0.05, 0.1) is 16.3 Å². The highest BCUT2D eigenvalue weighted by atomic mass is 32.2. The maximum Gasteiger partial charge on any atom is 0.322 e. The minimum absolute atomic E-state index is 0.0814. The third-order valence-corrected chi connectivity index (χ3v) is 8.55. The quantitative estimate of drug-likeness (QED) is 0.125. The summed E-state index contributed by atoms with van der Waals surface area (Å²) in [4.78, 5) is 12.4. The number of anilines is 3. The van der Waals surface area contributed by atoms with Gasteiger partial charge in [-0.1, -0.05) is 72.3 Å². The molecule has 0 aromatic heterocycles. The van der Waals surface area contributed by atoms with Crippen LogP contribution in [0.3, 0.4) is 0 Å². The summed E-state index contributed by atoms with van der Waals surface area (Å²) in [6.07, 6.45) is -0.133. The molecule has 41 heavy (non-hydrogen) atoms. The van der Waals surface area contributed by atoms with E-state index < -0.39 is 22.0 Å². The molecule has 0 bridgehead atoms. The second-order valence-electron chi connectivity index (χ2n) is 9.85. The predicted molar refractivity (Wildman–Crippen MR) is 169 cm³/mol. The summed E-state index contributed by atoms with van der Waals surface area (Å²) in [6, 6.07) is 24.4. The van der Waals surface area contributed by atoms with Crippen molar-refractivity contribution in [1.29, 1.82) is 0 Å². The fourth-order valence-electron chi connectivity index (χ4n) is 4.80. The minimum Gasteiger partial charge on any atom is -0.480 e. The zero-order valence-corrected chi connectivity index (χ0v) is 24.6. The van der Waals surface area contributed by atoms with Crippen molar-refractivity contribution in [1.82, 2.24) is 4.72 Å². The number of carboxylic acids is 1. The molecule has 0 spiro atoms. The van der Waals surface area contributed by atoms with Crippen LogP contribution in [-0.2, 0) is 21.2 Å². The van der Waals surface area contributed by atoms with Gasteiger partial charge in [0.25, 0.3) is 0 Å². The molecule has 6 N–H and O–H groups in total. The van der Waals surface area contributed by atoms with Crippen LogP contribution in [0.15, 0.2) is 89.8 Å². The van der Waals surface area contributed by atoms with E-state index in [1.807, 2.05) is 61.5 Å². The van der Waals surface area contributed by atoms with Crippen LogP contribution >= 0.6 is 12.2 Å². The molecule has 0 unspecified atom stereocenters. The van der Waals surface area contributed by atoms with Crippen molar-refractivity contribution >= 4 is 50.4 Å². The highest BCUT2D eigenvalue weighted by molar-refractivity contribution is 7.89. The van der Waals surface area contributed by atoms with Crippen molar-refractivity contribution in [3.05, 3.63) is 107 Å². The van der Waals surface area contributed by atoms with Gasteiger partial charge < -0.3 is 21.5 Å². The lowest BCUT2D eigenvalue weighted by Crippen LogP contribution is -2.42. The summed E-state index contributed by atoms with van der Waals surface area (Å²) in [5, 5.41) is 16.5. The average molecular weight is 589 g/mol. The number of hydrogen-bond donors (Lipinski definition) is 5. The normalized spacial score (nSPS) is 12.0.